The summed E-state index contributed by atoms with van der Waals surface area (Å²) in [6, 6.07) is -0.145. The van der Waals surface area contributed by atoms with E-state index in [2.05, 4.69) is 5.32 Å². The molecule has 3 nitrogen and oxygen atoms in total. The van der Waals surface area contributed by atoms with Crippen molar-refractivity contribution in [3.05, 3.63) is 0 Å². The lowest BCUT2D eigenvalue weighted by atomic mass is 10.2. The number of hydrogen-bond donors (Lipinski definition) is 2. The molecule has 0 amide bonds. The van der Waals surface area contributed by atoms with Crippen LogP contribution < -0.4 is 5.32 Å². The molecule has 0 aromatic heterocycles. The standard InChI is InChI=1S/C6H12FNO2/c1-5(4-6(9)10)8-3-2-7/h5,8H,2-4H2,1H3,(H,9,10). The van der Waals surface area contributed by atoms with Gasteiger partial charge in [0.25, 0.3) is 0 Å². The maximum absolute atomic E-state index is 11.5. The summed E-state index contributed by atoms with van der Waals surface area (Å²) in [4.78, 5) is 10.0. The SMILES string of the molecule is CC(CC(=O)O)NCCF. The first-order valence-electron chi connectivity index (χ1n) is 3.18. The fourth-order valence-electron chi connectivity index (χ4n) is 0.635. The second-order valence-electron chi connectivity index (χ2n) is 2.14. The summed E-state index contributed by atoms with van der Waals surface area (Å²) in [6.07, 6.45) is 0.0417. The summed E-state index contributed by atoms with van der Waals surface area (Å²) in [7, 11) is 0. The molecule has 0 aliphatic carbocycles. The van der Waals surface area contributed by atoms with E-state index < -0.39 is 12.6 Å². The number of carbonyl (C=O) groups is 1. The van der Waals surface area contributed by atoms with Gasteiger partial charge in [0.1, 0.15) is 6.67 Å². The fourth-order valence-corrected chi connectivity index (χ4v) is 0.635. The van der Waals surface area contributed by atoms with Gasteiger partial charge in [0, 0.05) is 12.6 Å². The number of aliphatic carboxylic acids is 1. The van der Waals surface area contributed by atoms with Crippen molar-refractivity contribution >= 4 is 5.97 Å². The molecule has 0 radical (unpaired) electrons. The van der Waals surface area contributed by atoms with Crippen LogP contribution in [0.3, 0.4) is 0 Å². The molecule has 0 aromatic carbocycles. The Labute approximate surface area is 59.2 Å². The predicted molar refractivity (Wildman–Crippen MR) is 35.7 cm³/mol. The van der Waals surface area contributed by atoms with Gasteiger partial charge in [-0.15, -0.1) is 0 Å². The van der Waals surface area contributed by atoms with Crippen molar-refractivity contribution in [2.45, 2.75) is 19.4 Å². The molecule has 0 fully saturated rings. The highest BCUT2D eigenvalue weighted by Gasteiger charge is 2.04. The van der Waals surface area contributed by atoms with Crippen molar-refractivity contribution < 1.29 is 14.3 Å². The van der Waals surface area contributed by atoms with Gasteiger partial charge >= 0.3 is 5.97 Å². The number of alkyl halides is 1. The Morgan fingerprint density at radius 1 is 1.80 bits per heavy atom. The molecule has 0 aliphatic heterocycles. The van der Waals surface area contributed by atoms with Crippen molar-refractivity contribution in [2.24, 2.45) is 0 Å². The minimum absolute atomic E-state index is 0.0417. The molecule has 10 heavy (non-hydrogen) atoms. The maximum atomic E-state index is 11.5. The Hall–Kier alpha value is -0.640. The van der Waals surface area contributed by atoms with E-state index in [0.717, 1.165) is 0 Å². The van der Waals surface area contributed by atoms with Crippen LogP contribution in [-0.2, 0) is 4.79 Å². The molecule has 1 atom stereocenters. The van der Waals surface area contributed by atoms with Gasteiger partial charge in [-0.1, -0.05) is 0 Å². The van der Waals surface area contributed by atoms with E-state index >= 15 is 0 Å². The van der Waals surface area contributed by atoms with E-state index in [4.69, 9.17) is 5.11 Å². The van der Waals surface area contributed by atoms with Gasteiger partial charge in [-0.2, -0.15) is 0 Å². The number of carboxylic acid groups (broad SMARTS) is 1. The monoisotopic (exact) mass is 149 g/mol. The lowest BCUT2D eigenvalue weighted by molar-refractivity contribution is -0.137. The summed E-state index contributed by atoms with van der Waals surface area (Å²) >= 11 is 0. The van der Waals surface area contributed by atoms with Gasteiger partial charge in [-0.05, 0) is 6.92 Å². The number of halogens is 1. The van der Waals surface area contributed by atoms with Gasteiger partial charge in [0.2, 0.25) is 0 Å². The van der Waals surface area contributed by atoms with E-state index in [1.807, 2.05) is 0 Å². The highest BCUT2D eigenvalue weighted by atomic mass is 19.1. The third kappa shape index (κ3) is 5.50. The third-order valence-electron chi connectivity index (χ3n) is 1.07. The molecule has 1 unspecified atom stereocenters. The Kier molecular flexibility index (Phi) is 4.84. The van der Waals surface area contributed by atoms with Gasteiger partial charge in [-0.25, -0.2) is 4.39 Å². The highest BCUT2D eigenvalue weighted by Crippen LogP contribution is 1.88. The Bertz CT molecular complexity index is 108. The molecule has 0 spiro atoms. The second kappa shape index (κ2) is 5.17. The van der Waals surface area contributed by atoms with E-state index in [1.54, 1.807) is 6.92 Å². The topological polar surface area (TPSA) is 49.3 Å². The first kappa shape index (κ1) is 9.36. The average Bonchev–Trinajstić information content (AvgIpc) is 1.82. The Balaban J connectivity index is 3.25. The van der Waals surface area contributed by atoms with Crippen molar-refractivity contribution in [2.75, 3.05) is 13.2 Å². The van der Waals surface area contributed by atoms with Gasteiger partial charge in [-0.3, -0.25) is 4.79 Å². The van der Waals surface area contributed by atoms with E-state index in [0.29, 0.717) is 0 Å². The normalized spacial score (nSPS) is 13.0. The minimum atomic E-state index is -0.862. The molecule has 0 aromatic rings. The highest BCUT2D eigenvalue weighted by molar-refractivity contribution is 5.67. The van der Waals surface area contributed by atoms with Gasteiger partial charge < -0.3 is 10.4 Å². The van der Waals surface area contributed by atoms with E-state index in [9.17, 15) is 9.18 Å². The first-order valence-corrected chi connectivity index (χ1v) is 3.18. The van der Waals surface area contributed by atoms with Crippen molar-refractivity contribution in [1.82, 2.24) is 5.32 Å². The Morgan fingerprint density at radius 2 is 2.40 bits per heavy atom. The zero-order chi connectivity index (χ0) is 7.98. The number of rotatable bonds is 5. The largest absolute Gasteiger partial charge is 0.481 e. The zero-order valence-corrected chi connectivity index (χ0v) is 5.93. The molecule has 60 valence electrons. The van der Waals surface area contributed by atoms with Crippen molar-refractivity contribution in [3.63, 3.8) is 0 Å². The van der Waals surface area contributed by atoms with Crippen LogP contribution in [0.4, 0.5) is 4.39 Å². The summed E-state index contributed by atoms with van der Waals surface area (Å²) in [5.41, 5.74) is 0. The molecule has 0 saturated heterocycles. The van der Waals surface area contributed by atoms with Crippen LogP contribution in [0.15, 0.2) is 0 Å². The minimum Gasteiger partial charge on any atom is -0.481 e. The summed E-state index contributed by atoms with van der Waals surface area (Å²) in [5.74, 6) is -0.862. The second-order valence-corrected chi connectivity index (χ2v) is 2.14. The molecule has 0 aliphatic rings. The van der Waals surface area contributed by atoms with Crippen LogP contribution in [0.1, 0.15) is 13.3 Å². The summed E-state index contributed by atoms with van der Waals surface area (Å²) < 4.78 is 11.5. The molecule has 4 heteroatoms. The predicted octanol–water partition coefficient (Wildman–Crippen LogP) is 0.409. The Morgan fingerprint density at radius 3 is 2.80 bits per heavy atom. The smallest absolute Gasteiger partial charge is 0.304 e. The number of nitrogens with one attached hydrogen (secondary N) is 1. The van der Waals surface area contributed by atoms with E-state index in [-0.39, 0.29) is 19.0 Å². The van der Waals surface area contributed by atoms with Crippen LogP contribution in [0.25, 0.3) is 0 Å². The van der Waals surface area contributed by atoms with Gasteiger partial charge in [0.05, 0.1) is 6.42 Å². The van der Waals surface area contributed by atoms with Crippen LogP contribution in [0.2, 0.25) is 0 Å². The van der Waals surface area contributed by atoms with E-state index in [1.165, 1.54) is 0 Å². The van der Waals surface area contributed by atoms with Crippen LogP contribution in [0.5, 0.6) is 0 Å². The summed E-state index contributed by atoms with van der Waals surface area (Å²) in [5, 5.41) is 11.0. The van der Waals surface area contributed by atoms with Crippen LogP contribution in [0, 0.1) is 0 Å². The molecular formula is C6H12FNO2. The third-order valence-corrected chi connectivity index (χ3v) is 1.07. The fraction of sp³-hybridized carbons (Fsp3) is 0.833. The zero-order valence-electron chi connectivity index (χ0n) is 5.93. The molecule has 0 saturated carbocycles. The quantitative estimate of drug-likeness (QED) is 0.595. The van der Waals surface area contributed by atoms with Crippen molar-refractivity contribution in [1.29, 1.82) is 0 Å². The number of hydrogen-bond acceptors (Lipinski definition) is 2. The molecule has 0 heterocycles. The molecule has 0 rings (SSSR count). The van der Waals surface area contributed by atoms with Crippen molar-refractivity contribution in [3.8, 4) is 0 Å². The average molecular weight is 149 g/mol. The van der Waals surface area contributed by atoms with Crippen LogP contribution in [-0.4, -0.2) is 30.3 Å². The molecule has 0 bridgehead atoms. The molecule has 2 N–H and O–H groups in total. The first-order chi connectivity index (χ1) is 4.66. The maximum Gasteiger partial charge on any atom is 0.304 e. The lowest BCUT2D eigenvalue weighted by Gasteiger charge is -2.08. The van der Waals surface area contributed by atoms with Crippen LogP contribution >= 0.6 is 0 Å². The van der Waals surface area contributed by atoms with Gasteiger partial charge in [0.15, 0.2) is 0 Å². The lowest BCUT2D eigenvalue weighted by Crippen LogP contribution is -2.30. The summed E-state index contributed by atoms with van der Waals surface area (Å²) in [6.45, 7) is 1.49. The number of carboxylic acids is 1. The molecular weight excluding hydrogens is 137 g/mol.